The summed E-state index contributed by atoms with van der Waals surface area (Å²) < 4.78 is 31.9. The van der Waals surface area contributed by atoms with E-state index in [4.69, 9.17) is 4.74 Å². The third-order valence-corrected chi connectivity index (χ3v) is 5.92. The van der Waals surface area contributed by atoms with Crippen LogP contribution < -0.4 is 4.74 Å². The molecular formula is C16H16N2O5S. The molecule has 24 heavy (non-hydrogen) atoms. The topological polar surface area (TPSA) is 89.8 Å². The van der Waals surface area contributed by atoms with E-state index in [9.17, 15) is 18.5 Å². The summed E-state index contributed by atoms with van der Waals surface area (Å²) in [6.07, 6.45) is 0.619. The fourth-order valence-corrected chi connectivity index (χ4v) is 4.24. The Bertz CT molecular complexity index is 895. The Hall–Kier alpha value is -2.45. The van der Waals surface area contributed by atoms with Crippen LogP contribution in [0.3, 0.4) is 0 Å². The Morgan fingerprint density at radius 3 is 2.54 bits per heavy atom. The molecule has 126 valence electrons. The zero-order chi connectivity index (χ0) is 17.3. The van der Waals surface area contributed by atoms with E-state index in [2.05, 4.69) is 0 Å². The van der Waals surface area contributed by atoms with E-state index in [1.165, 1.54) is 23.5 Å². The second kappa shape index (κ2) is 6.21. The lowest BCUT2D eigenvalue weighted by atomic mass is 10.0. The largest absolute Gasteiger partial charge is 0.490 e. The van der Waals surface area contributed by atoms with Crippen LogP contribution in [0.25, 0.3) is 0 Å². The number of nitrogens with zero attached hydrogens (tertiary/aromatic N) is 2. The molecule has 0 saturated carbocycles. The van der Waals surface area contributed by atoms with Crippen LogP contribution in [0.4, 0.5) is 5.69 Å². The van der Waals surface area contributed by atoms with E-state index < -0.39 is 14.9 Å². The molecule has 0 unspecified atom stereocenters. The highest BCUT2D eigenvalue weighted by atomic mass is 32.2. The summed E-state index contributed by atoms with van der Waals surface area (Å²) in [4.78, 5) is 10.4. The maximum Gasteiger partial charge on any atom is 0.312 e. The van der Waals surface area contributed by atoms with Crippen LogP contribution in [0.5, 0.6) is 5.75 Å². The smallest absolute Gasteiger partial charge is 0.312 e. The van der Waals surface area contributed by atoms with E-state index in [-0.39, 0.29) is 22.9 Å². The molecule has 0 N–H and O–H groups in total. The maximum absolute atomic E-state index is 12.8. The van der Waals surface area contributed by atoms with Crippen LogP contribution in [-0.4, -0.2) is 31.3 Å². The average Bonchev–Trinajstić information content (AvgIpc) is 2.60. The molecular weight excluding hydrogens is 332 g/mol. The molecule has 0 saturated heterocycles. The summed E-state index contributed by atoms with van der Waals surface area (Å²) in [7, 11) is -2.51. The minimum absolute atomic E-state index is 0.0305. The van der Waals surface area contributed by atoms with Gasteiger partial charge in [-0.05, 0) is 29.7 Å². The van der Waals surface area contributed by atoms with Crippen LogP contribution in [0.2, 0.25) is 0 Å². The van der Waals surface area contributed by atoms with Gasteiger partial charge in [0.1, 0.15) is 0 Å². The van der Waals surface area contributed by atoms with E-state index >= 15 is 0 Å². The first-order valence-corrected chi connectivity index (χ1v) is 8.77. The third-order valence-electron chi connectivity index (χ3n) is 4.08. The Kier molecular flexibility index (Phi) is 4.25. The Labute approximate surface area is 139 Å². The lowest BCUT2D eigenvalue weighted by Crippen LogP contribution is -2.35. The molecule has 0 spiro atoms. The molecule has 3 rings (SSSR count). The minimum atomic E-state index is -3.81. The number of benzene rings is 2. The zero-order valence-electron chi connectivity index (χ0n) is 13.0. The highest BCUT2D eigenvalue weighted by molar-refractivity contribution is 7.89. The van der Waals surface area contributed by atoms with Crippen molar-refractivity contribution in [2.24, 2.45) is 0 Å². The summed E-state index contributed by atoms with van der Waals surface area (Å²) >= 11 is 0. The van der Waals surface area contributed by atoms with Gasteiger partial charge in [0, 0.05) is 19.2 Å². The second-order valence-electron chi connectivity index (χ2n) is 5.45. The van der Waals surface area contributed by atoms with E-state index in [1.54, 1.807) is 0 Å². The Morgan fingerprint density at radius 2 is 1.88 bits per heavy atom. The lowest BCUT2D eigenvalue weighted by Gasteiger charge is -2.28. The second-order valence-corrected chi connectivity index (χ2v) is 7.39. The summed E-state index contributed by atoms with van der Waals surface area (Å²) in [6, 6.07) is 11.4. The molecule has 2 aromatic carbocycles. The van der Waals surface area contributed by atoms with E-state index in [0.29, 0.717) is 13.0 Å². The van der Waals surface area contributed by atoms with Gasteiger partial charge in [0.2, 0.25) is 10.0 Å². The number of sulfonamides is 1. The fraction of sp³-hybridized carbons (Fsp3) is 0.250. The summed E-state index contributed by atoms with van der Waals surface area (Å²) in [5.41, 5.74) is 1.72. The van der Waals surface area contributed by atoms with Crippen LogP contribution in [0.15, 0.2) is 47.4 Å². The zero-order valence-corrected chi connectivity index (χ0v) is 13.8. The Morgan fingerprint density at radius 1 is 1.17 bits per heavy atom. The lowest BCUT2D eigenvalue weighted by molar-refractivity contribution is -0.386. The number of nitro groups is 1. The van der Waals surface area contributed by atoms with Gasteiger partial charge in [-0.1, -0.05) is 24.3 Å². The van der Waals surface area contributed by atoms with Crippen molar-refractivity contribution >= 4 is 15.7 Å². The van der Waals surface area contributed by atoms with Crippen molar-refractivity contribution in [2.75, 3.05) is 13.7 Å². The van der Waals surface area contributed by atoms with Crippen LogP contribution in [0.1, 0.15) is 11.1 Å². The molecule has 0 atom stereocenters. The third kappa shape index (κ3) is 2.85. The number of fused-ring (bicyclic) bond motifs is 1. The van der Waals surface area contributed by atoms with Gasteiger partial charge in [-0.25, -0.2) is 8.42 Å². The predicted octanol–water partition coefficient (Wildman–Crippen LogP) is 2.35. The number of ether oxygens (including phenoxy) is 1. The molecule has 1 heterocycles. The molecule has 0 radical (unpaired) electrons. The summed E-state index contributed by atoms with van der Waals surface area (Å²) in [5.74, 6) is 0.0305. The van der Waals surface area contributed by atoms with Crippen molar-refractivity contribution in [1.29, 1.82) is 0 Å². The Balaban J connectivity index is 1.97. The van der Waals surface area contributed by atoms with Crippen molar-refractivity contribution in [3.63, 3.8) is 0 Å². The molecule has 0 amide bonds. The van der Waals surface area contributed by atoms with Gasteiger partial charge in [-0.3, -0.25) is 10.1 Å². The highest BCUT2D eigenvalue weighted by Crippen LogP contribution is 2.32. The molecule has 0 bridgehead atoms. The van der Waals surface area contributed by atoms with Gasteiger partial charge < -0.3 is 4.74 Å². The van der Waals surface area contributed by atoms with Crippen LogP contribution in [-0.2, 0) is 23.0 Å². The van der Waals surface area contributed by atoms with E-state index in [1.807, 2.05) is 24.3 Å². The normalized spacial score (nSPS) is 14.9. The van der Waals surface area contributed by atoms with E-state index in [0.717, 1.165) is 17.2 Å². The number of rotatable bonds is 4. The highest BCUT2D eigenvalue weighted by Gasteiger charge is 2.30. The molecule has 2 aromatic rings. The van der Waals surface area contributed by atoms with Gasteiger partial charge in [0.25, 0.3) is 0 Å². The van der Waals surface area contributed by atoms with Gasteiger partial charge >= 0.3 is 5.69 Å². The quantitative estimate of drug-likeness (QED) is 0.625. The number of nitro benzene ring substituents is 1. The molecule has 0 aliphatic carbocycles. The first-order chi connectivity index (χ1) is 11.4. The van der Waals surface area contributed by atoms with Crippen LogP contribution >= 0.6 is 0 Å². The van der Waals surface area contributed by atoms with Crippen LogP contribution in [0, 0.1) is 10.1 Å². The van der Waals surface area contributed by atoms with Crippen molar-refractivity contribution in [3.8, 4) is 5.75 Å². The standard InChI is InChI=1S/C16H16N2O5S/c1-23-16-7-6-14(10-15(16)18(19)20)24(21,22)17-9-8-12-4-2-3-5-13(12)11-17/h2-7,10H,8-9,11H2,1H3. The predicted molar refractivity (Wildman–Crippen MR) is 87.4 cm³/mol. The van der Waals surface area contributed by atoms with Gasteiger partial charge in [0.05, 0.1) is 16.9 Å². The number of methoxy groups -OCH3 is 1. The fourth-order valence-electron chi connectivity index (χ4n) is 2.80. The number of hydrogen-bond acceptors (Lipinski definition) is 5. The SMILES string of the molecule is COc1ccc(S(=O)(=O)N2CCc3ccccc3C2)cc1[N+](=O)[O-]. The van der Waals surface area contributed by atoms with Crippen molar-refractivity contribution in [3.05, 3.63) is 63.7 Å². The molecule has 0 aromatic heterocycles. The average molecular weight is 348 g/mol. The summed E-state index contributed by atoms with van der Waals surface area (Å²) in [5, 5.41) is 11.1. The molecule has 1 aliphatic heterocycles. The maximum atomic E-state index is 12.8. The molecule has 7 nitrogen and oxygen atoms in total. The molecule has 1 aliphatic rings. The van der Waals surface area contributed by atoms with Crippen molar-refractivity contribution in [1.82, 2.24) is 4.31 Å². The monoisotopic (exact) mass is 348 g/mol. The molecule has 8 heteroatoms. The van der Waals surface area contributed by atoms with Crippen molar-refractivity contribution in [2.45, 2.75) is 17.9 Å². The van der Waals surface area contributed by atoms with Gasteiger partial charge in [-0.2, -0.15) is 4.31 Å². The molecule has 0 fully saturated rings. The number of hydrogen-bond donors (Lipinski definition) is 0. The first-order valence-electron chi connectivity index (χ1n) is 7.33. The first kappa shape index (κ1) is 16.4. The van der Waals surface area contributed by atoms with Gasteiger partial charge in [-0.15, -0.1) is 0 Å². The summed E-state index contributed by atoms with van der Waals surface area (Å²) in [6.45, 7) is 0.609. The minimum Gasteiger partial charge on any atom is -0.490 e. The van der Waals surface area contributed by atoms with Crippen molar-refractivity contribution < 1.29 is 18.1 Å². The van der Waals surface area contributed by atoms with Gasteiger partial charge in [0.15, 0.2) is 5.75 Å².